The summed E-state index contributed by atoms with van der Waals surface area (Å²) in [6.45, 7) is 15.6. The highest BCUT2D eigenvalue weighted by atomic mass is 15.0. The van der Waals surface area contributed by atoms with Crippen LogP contribution in [0.5, 0.6) is 0 Å². The van der Waals surface area contributed by atoms with Gasteiger partial charge in [-0.05, 0) is 113 Å². The van der Waals surface area contributed by atoms with E-state index in [0.717, 1.165) is 44.1 Å². The number of aromatic nitrogens is 3. The Hall–Kier alpha value is -11.2. The largest absolute Gasteiger partial charge is 0.308 e. The Morgan fingerprint density at radius 2 is 0.808 bits per heavy atom. The molecule has 0 aliphatic rings. The second kappa shape index (κ2) is 18.7. The fraction of sp³-hybridized carbons (Fsp3) is 0. The van der Waals surface area contributed by atoms with Gasteiger partial charge < -0.3 is 4.57 Å². The molecule has 11 rings (SSSR count). The number of rotatable bonds is 8. The Labute approximate surface area is 420 Å². The van der Waals surface area contributed by atoms with Gasteiger partial charge in [0.05, 0.1) is 76.7 Å². The van der Waals surface area contributed by atoms with Gasteiger partial charge in [0.2, 0.25) is 0 Å². The second-order valence-corrected chi connectivity index (χ2v) is 17.2. The van der Waals surface area contributed by atoms with Gasteiger partial charge in [-0.15, -0.1) is 0 Å². The summed E-state index contributed by atoms with van der Waals surface area (Å²) < 4.78 is 2.16. The van der Waals surface area contributed by atoms with Crippen LogP contribution in [0.1, 0.15) is 22.3 Å². The molecule has 0 radical (unpaired) electrons. The Morgan fingerprint density at radius 1 is 0.370 bits per heavy atom. The van der Waals surface area contributed by atoms with Crippen molar-refractivity contribution < 1.29 is 0 Å². The van der Waals surface area contributed by atoms with Crippen molar-refractivity contribution in [3.63, 3.8) is 0 Å². The average molecular weight is 928 g/mol. The third-order valence-electron chi connectivity index (χ3n) is 12.9. The molecule has 0 unspecified atom stereocenters. The Balaban J connectivity index is 1.29. The maximum atomic E-state index is 10.8. The summed E-state index contributed by atoms with van der Waals surface area (Å²) in [5.41, 5.74) is 13.9. The molecule has 0 spiro atoms. The average Bonchev–Trinajstić information content (AvgIpc) is 3.79. The molecule has 0 amide bonds. The topological polar surface area (TPSA) is 135 Å². The highest BCUT2D eigenvalue weighted by Crippen LogP contribution is 2.47. The Morgan fingerprint density at radius 3 is 1.23 bits per heavy atom. The molecule has 2 aromatic heterocycles. The fourth-order valence-corrected chi connectivity index (χ4v) is 9.57. The van der Waals surface area contributed by atoms with E-state index in [-0.39, 0.29) is 0 Å². The SMILES string of the molecule is [C-]#[N+]c1cc(C#N)cc(-c2ccc3c(c2)c2cc(-c4cc(C#N)cc([N+]#[C-])c4)ccc2n3-c2c(-c3ccccc3C#N)cc(-c3nc(-c4ccccc4)cc(-c4ccccc4)n3)cc2-c2ccccc2C#N)c1. The van der Waals surface area contributed by atoms with Crippen LogP contribution in [-0.4, -0.2) is 14.5 Å². The van der Waals surface area contributed by atoms with Crippen molar-refractivity contribution in [2.75, 3.05) is 0 Å². The summed E-state index contributed by atoms with van der Waals surface area (Å²) in [5, 5.41) is 43.3. The van der Waals surface area contributed by atoms with Gasteiger partial charge in [0, 0.05) is 60.8 Å². The maximum absolute atomic E-state index is 10.8. The molecule has 0 N–H and O–H groups in total. The zero-order chi connectivity index (χ0) is 50.0. The van der Waals surface area contributed by atoms with Crippen molar-refractivity contribution in [3.05, 3.63) is 245 Å². The highest BCUT2D eigenvalue weighted by molar-refractivity contribution is 6.13. The summed E-state index contributed by atoms with van der Waals surface area (Å²) in [7, 11) is 0. The van der Waals surface area contributed by atoms with E-state index in [1.54, 1.807) is 48.5 Å². The van der Waals surface area contributed by atoms with Crippen molar-refractivity contribution in [1.82, 2.24) is 14.5 Å². The highest BCUT2D eigenvalue weighted by Gasteiger charge is 2.26. The molecule has 11 aromatic rings. The second-order valence-electron chi connectivity index (χ2n) is 17.2. The molecular weight excluding hydrogens is 895 g/mol. The normalized spacial score (nSPS) is 10.7. The molecular formula is C64H33N9. The van der Waals surface area contributed by atoms with E-state index in [4.69, 9.17) is 23.1 Å². The van der Waals surface area contributed by atoms with Gasteiger partial charge in [-0.3, -0.25) is 0 Å². The van der Waals surface area contributed by atoms with Gasteiger partial charge in [0.15, 0.2) is 17.2 Å². The lowest BCUT2D eigenvalue weighted by molar-refractivity contribution is 1.16. The molecule has 0 atom stereocenters. The minimum Gasteiger partial charge on any atom is -0.308 e. The van der Waals surface area contributed by atoms with Crippen molar-refractivity contribution in [3.8, 4) is 108 Å². The van der Waals surface area contributed by atoms with E-state index in [1.807, 2.05) is 152 Å². The van der Waals surface area contributed by atoms with E-state index >= 15 is 0 Å². The minimum absolute atomic E-state index is 0.336. The van der Waals surface area contributed by atoms with Crippen LogP contribution < -0.4 is 0 Å². The van der Waals surface area contributed by atoms with Crippen molar-refractivity contribution >= 4 is 33.2 Å². The quantitative estimate of drug-likeness (QED) is 0.139. The van der Waals surface area contributed by atoms with Crippen LogP contribution in [0.25, 0.3) is 116 Å². The first-order valence-corrected chi connectivity index (χ1v) is 23.0. The lowest BCUT2D eigenvalue weighted by atomic mass is 9.89. The van der Waals surface area contributed by atoms with Gasteiger partial charge in [0.25, 0.3) is 0 Å². The molecule has 0 bridgehead atoms. The van der Waals surface area contributed by atoms with Crippen LogP contribution in [-0.2, 0) is 0 Å². The lowest BCUT2D eigenvalue weighted by Crippen LogP contribution is -2.04. The van der Waals surface area contributed by atoms with Crippen molar-refractivity contribution in [2.45, 2.75) is 0 Å². The van der Waals surface area contributed by atoms with Crippen molar-refractivity contribution in [1.29, 1.82) is 21.0 Å². The molecule has 0 aliphatic carbocycles. The van der Waals surface area contributed by atoms with Gasteiger partial charge in [0.1, 0.15) is 0 Å². The minimum atomic E-state index is 0.336. The van der Waals surface area contributed by atoms with E-state index < -0.39 is 0 Å². The summed E-state index contributed by atoms with van der Waals surface area (Å²) in [4.78, 5) is 17.8. The van der Waals surface area contributed by atoms with Crippen LogP contribution in [0, 0.1) is 58.5 Å². The molecule has 0 aliphatic heterocycles. The van der Waals surface area contributed by atoms with Gasteiger partial charge >= 0.3 is 0 Å². The molecule has 9 aromatic carbocycles. The smallest absolute Gasteiger partial charge is 0.189 e. The van der Waals surface area contributed by atoms with Crippen molar-refractivity contribution in [2.24, 2.45) is 0 Å². The zero-order valence-electron chi connectivity index (χ0n) is 38.6. The van der Waals surface area contributed by atoms with Gasteiger partial charge in [-0.2, -0.15) is 21.0 Å². The molecule has 2 heterocycles. The summed E-state index contributed by atoms with van der Waals surface area (Å²) >= 11 is 0. The number of fused-ring (bicyclic) bond motifs is 3. The predicted molar refractivity (Wildman–Crippen MR) is 286 cm³/mol. The number of nitrogens with zero attached hydrogens (tertiary/aromatic N) is 9. The Bertz CT molecular complexity index is 4000. The lowest BCUT2D eigenvalue weighted by Gasteiger charge is -2.22. The first-order valence-electron chi connectivity index (χ1n) is 23.0. The first kappa shape index (κ1) is 44.3. The van der Waals surface area contributed by atoms with Crippen LogP contribution in [0.2, 0.25) is 0 Å². The predicted octanol–water partition coefficient (Wildman–Crippen LogP) is 15.8. The molecule has 0 saturated heterocycles. The van der Waals surface area contributed by atoms with E-state index in [0.29, 0.717) is 95.5 Å². The van der Waals surface area contributed by atoms with E-state index in [9.17, 15) is 21.0 Å². The fourth-order valence-electron chi connectivity index (χ4n) is 9.57. The first-order chi connectivity index (χ1) is 35.9. The maximum Gasteiger partial charge on any atom is 0.189 e. The summed E-state index contributed by atoms with van der Waals surface area (Å²) in [6, 6.07) is 72.4. The van der Waals surface area contributed by atoms with Crippen LogP contribution >= 0.6 is 0 Å². The number of hydrogen-bond acceptors (Lipinski definition) is 6. The summed E-state index contributed by atoms with van der Waals surface area (Å²) in [5.74, 6) is 0.436. The van der Waals surface area contributed by atoms with Crippen LogP contribution in [0.3, 0.4) is 0 Å². The zero-order valence-corrected chi connectivity index (χ0v) is 38.6. The van der Waals surface area contributed by atoms with Crippen LogP contribution in [0.4, 0.5) is 11.4 Å². The molecule has 0 fully saturated rings. The standard InChI is InChI=1S/C64H33N9/c1-69-51-27-40(36-65)25-48(29-51)44-21-23-61-55(31-44)56-32-45(49-26-41(37-66)28-52(30-49)70-2)22-24-62(56)73(61)63-57(53-19-11-9-17-46(53)38-67)33-50(34-58(63)54-20-12-10-18-47(54)39-68)64-71-59(42-13-5-3-6-14-42)35-60(72-64)43-15-7-4-8-16-43/h3-35H. The summed E-state index contributed by atoms with van der Waals surface area (Å²) in [6.07, 6.45) is 0. The number of nitriles is 4. The number of benzene rings is 9. The molecule has 73 heavy (non-hydrogen) atoms. The van der Waals surface area contributed by atoms with Crippen LogP contribution in [0.15, 0.2) is 200 Å². The number of hydrogen-bond donors (Lipinski definition) is 0. The monoisotopic (exact) mass is 927 g/mol. The van der Waals surface area contributed by atoms with Gasteiger partial charge in [-0.1, -0.05) is 109 Å². The Kier molecular flexibility index (Phi) is 11.4. The molecule has 9 heteroatoms. The third kappa shape index (κ3) is 8.13. The van der Waals surface area contributed by atoms with Gasteiger partial charge in [-0.25, -0.2) is 19.7 Å². The molecule has 9 nitrogen and oxygen atoms in total. The van der Waals surface area contributed by atoms with E-state index in [2.05, 4.69) is 38.5 Å². The molecule has 334 valence electrons. The van der Waals surface area contributed by atoms with E-state index in [1.165, 1.54) is 0 Å². The molecule has 0 saturated carbocycles. The third-order valence-corrected chi connectivity index (χ3v) is 12.9.